The first-order valence-corrected chi connectivity index (χ1v) is 6.24. The van der Waals surface area contributed by atoms with Crippen LogP contribution in [0.1, 0.15) is 28.8 Å². The van der Waals surface area contributed by atoms with Gasteiger partial charge < -0.3 is 14.8 Å². The van der Waals surface area contributed by atoms with Gasteiger partial charge in [0.1, 0.15) is 0 Å². The summed E-state index contributed by atoms with van der Waals surface area (Å²) in [5, 5.41) is 3.37. The fourth-order valence-electron chi connectivity index (χ4n) is 2.14. The Kier molecular flexibility index (Phi) is 4.20. The van der Waals surface area contributed by atoms with Gasteiger partial charge in [-0.3, -0.25) is 0 Å². The van der Waals surface area contributed by atoms with Gasteiger partial charge in [-0.05, 0) is 31.9 Å². The van der Waals surface area contributed by atoms with Gasteiger partial charge in [-0.2, -0.15) is 0 Å². The molecule has 0 aromatic heterocycles. The van der Waals surface area contributed by atoms with Crippen LogP contribution in [0.4, 0.5) is 5.69 Å². The van der Waals surface area contributed by atoms with Gasteiger partial charge in [0.25, 0.3) is 0 Å². The third kappa shape index (κ3) is 3.01. The van der Waals surface area contributed by atoms with Gasteiger partial charge in [-0.25, -0.2) is 4.79 Å². The van der Waals surface area contributed by atoms with Crippen molar-refractivity contribution < 1.29 is 14.3 Å². The second kappa shape index (κ2) is 5.87. The van der Waals surface area contributed by atoms with Gasteiger partial charge in [0, 0.05) is 18.3 Å². The Morgan fingerprint density at radius 1 is 1.50 bits per heavy atom. The fourth-order valence-corrected chi connectivity index (χ4v) is 2.14. The Morgan fingerprint density at radius 2 is 2.33 bits per heavy atom. The van der Waals surface area contributed by atoms with Gasteiger partial charge in [0.2, 0.25) is 0 Å². The number of rotatable bonds is 3. The molecule has 0 aliphatic carbocycles. The Balaban J connectivity index is 2.17. The molecule has 2 rings (SSSR count). The van der Waals surface area contributed by atoms with Crippen molar-refractivity contribution in [3.05, 3.63) is 29.3 Å². The summed E-state index contributed by atoms with van der Waals surface area (Å²) in [6.07, 6.45) is 2.12. The van der Waals surface area contributed by atoms with E-state index in [1.54, 1.807) is 0 Å². The zero-order valence-corrected chi connectivity index (χ0v) is 10.9. The van der Waals surface area contributed by atoms with Crippen molar-refractivity contribution in [2.24, 2.45) is 0 Å². The van der Waals surface area contributed by atoms with Gasteiger partial charge >= 0.3 is 5.97 Å². The highest BCUT2D eigenvalue weighted by molar-refractivity contribution is 5.95. The Labute approximate surface area is 107 Å². The van der Waals surface area contributed by atoms with Crippen molar-refractivity contribution in [2.75, 3.05) is 25.6 Å². The molecule has 18 heavy (non-hydrogen) atoms. The van der Waals surface area contributed by atoms with E-state index in [1.165, 1.54) is 7.11 Å². The summed E-state index contributed by atoms with van der Waals surface area (Å²) in [6.45, 7) is 3.48. The molecule has 4 heteroatoms. The quantitative estimate of drug-likeness (QED) is 0.835. The molecule has 98 valence electrons. The first kappa shape index (κ1) is 12.9. The summed E-state index contributed by atoms with van der Waals surface area (Å²) >= 11 is 0. The van der Waals surface area contributed by atoms with Crippen LogP contribution in [0.3, 0.4) is 0 Å². The lowest BCUT2D eigenvalue weighted by atomic mass is 10.1. The van der Waals surface area contributed by atoms with E-state index < -0.39 is 0 Å². The summed E-state index contributed by atoms with van der Waals surface area (Å²) in [5.74, 6) is -0.307. The molecule has 1 aliphatic heterocycles. The summed E-state index contributed by atoms with van der Waals surface area (Å²) in [4.78, 5) is 11.7. The number of esters is 1. The van der Waals surface area contributed by atoms with Gasteiger partial charge in [0.05, 0.1) is 19.3 Å². The Morgan fingerprint density at radius 3 is 3.00 bits per heavy atom. The molecule has 4 nitrogen and oxygen atoms in total. The van der Waals surface area contributed by atoms with Gasteiger partial charge in [-0.1, -0.05) is 11.6 Å². The molecule has 1 aromatic rings. The van der Waals surface area contributed by atoms with Crippen molar-refractivity contribution >= 4 is 11.7 Å². The van der Waals surface area contributed by atoms with Crippen molar-refractivity contribution in [1.29, 1.82) is 0 Å². The zero-order valence-electron chi connectivity index (χ0n) is 10.9. The number of anilines is 1. The maximum absolute atomic E-state index is 11.7. The van der Waals surface area contributed by atoms with Crippen LogP contribution in [0.5, 0.6) is 0 Å². The van der Waals surface area contributed by atoms with E-state index >= 15 is 0 Å². The molecule has 1 unspecified atom stereocenters. The third-order valence-electron chi connectivity index (χ3n) is 3.10. The SMILES string of the molecule is COC(=O)c1cc(C)ccc1NC1CCCOC1. The van der Waals surface area contributed by atoms with Crippen molar-refractivity contribution in [3.8, 4) is 0 Å². The lowest BCUT2D eigenvalue weighted by Crippen LogP contribution is -2.30. The van der Waals surface area contributed by atoms with E-state index in [9.17, 15) is 4.79 Å². The van der Waals surface area contributed by atoms with E-state index in [4.69, 9.17) is 9.47 Å². The van der Waals surface area contributed by atoms with E-state index in [-0.39, 0.29) is 12.0 Å². The molecule has 1 N–H and O–H groups in total. The van der Waals surface area contributed by atoms with Gasteiger partial charge in [-0.15, -0.1) is 0 Å². The zero-order chi connectivity index (χ0) is 13.0. The van der Waals surface area contributed by atoms with Gasteiger partial charge in [0.15, 0.2) is 0 Å². The van der Waals surface area contributed by atoms with E-state index in [1.807, 2.05) is 25.1 Å². The first-order chi connectivity index (χ1) is 8.70. The molecule has 0 bridgehead atoms. The minimum Gasteiger partial charge on any atom is -0.465 e. The summed E-state index contributed by atoms with van der Waals surface area (Å²) in [6, 6.07) is 6.02. The van der Waals surface area contributed by atoms with Crippen LogP contribution in [0, 0.1) is 6.92 Å². The molecular weight excluding hydrogens is 230 g/mol. The number of hydrogen-bond donors (Lipinski definition) is 1. The van der Waals surface area contributed by atoms with Crippen LogP contribution in [0.25, 0.3) is 0 Å². The van der Waals surface area contributed by atoms with E-state index in [2.05, 4.69) is 5.32 Å². The average Bonchev–Trinajstić information content (AvgIpc) is 2.41. The van der Waals surface area contributed by atoms with Crippen LogP contribution >= 0.6 is 0 Å². The van der Waals surface area contributed by atoms with Crippen LogP contribution in [-0.2, 0) is 9.47 Å². The molecular formula is C14H19NO3. The highest BCUT2D eigenvalue weighted by atomic mass is 16.5. The Hall–Kier alpha value is -1.55. The largest absolute Gasteiger partial charge is 0.465 e. The third-order valence-corrected chi connectivity index (χ3v) is 3.10. The monoisotopic (exact) mass is 249 g/mol. The lowest BCUT2D eigenvalue weighted by Gasteiger charge is -2.25. The molecule has 1 saturated heterocycles. The minimum atomic E-state index is -0.307. The van der Waals surface area contributed by atoms with Crippen LogP contribution in [0.2, 0.25) is 0 Å². The fraction of sp³-hybridized carbons (Fsp3) is 0.500. The maximum Gasteiger partial charge on any atom is 0.339 e. The van der Waals surface area contributed by atoms with Crippen molar-refractivity contribution in [3.63, 3.8) is 0 Å². The number of aryl methyl sites for hydroxylation is 1. The summed E-state index contributed by atoms with van der Waals surface area (Å²) in [5.41, 5.74) is 2.45. The molecule has 1 aromatic carbocycles. The molecule has 0 amide bonds. The van der Waals surface area contributed by atoms with Crippen LogP contribution < -0.4 is 5.32 Å². The smallest absolute Gasteiger partial charge is 0.339 e. The summed E-state index contributed by atoms with van der Waals surface area (Å²) in [7, 11) is 1.40. The average molecular weight is 249 g/mol. The molecule has 1 aliphatic rings. The van der Waals surface area contributed by atoms with E-state index in [0.29, 0.717) is 12.2 Å². The highest BCUT2D eigenvalue weighted by Crippen LogP contribution is 2.21. The molecule has 1 atom stereocenters. The van der Waals surface area contributed by atoms with Crippen LogP contribution in [0.15, 0.2) is 18.2 Å². The lowest BCUT2D eigenvalue weighted by molar-refractivity contribution is 0.0601. The highest BCUT2D eigenvalue weighted by Gasteiger charge is 2.17. The van der Waals surface area contributed by atoms with E-state index in [0.717, 1.165) is 30.7 Å². The predicted molar refractivity (Wildman–Crippen MR) is 70.0 cm³/mol. The number of nitrogens with one attached hydrogen (secondary N) is 1. The number of ether oxygens (including phenoxy) is 2. The topological polar surface area (TPSA) is 47.6 Å². The number of hydrogen-bond acceptors (Lipinski definition) is 4. The standard InChI is InChI=1S/C14H19NO3/c1-10-5-6-13(12(8-10)14(16)17-2)15-11-4-3-7-18-9-11/h5-6,8,11,15H,3-4,7,9H2,1-2H3. The molecule has 0 saturated carbocycles. The number of carbonyl (C=O) groups excluding carboxylic acids is 1. The normalized spacial score (nSPS) is 19.3. The number of carbonyl (C=O) groups is 1. The molecule has 0 radical (unpaired) electrons. The predicted octanol–water partition coefficient (Wildman–Crippen LogP) is 2.37. The second-order valence-corrected chi connectivity index (χ2v) is 4.60. The number of benzene rings is 1. The summed E-state index contributed by atoms with van der Waals surface area (Å²) < 4.78 is 10.2. The molecule has 0 spiro atoms. The van der Waals surface area contributed by atoms with Crippen molar-refractivity contribution in [2.45, 2.75) is 25.8 Å². The van der Waals surface area contributed by atoms with Crippen LogP contribution in [-0.4, -0.2) is 32.3 Å². The first-order valence-electron chi connectivity index (χ1n) is 6.24. The molecule has 1 heterocycles. The number of methoxy groups -OCH3 is 1. The minimum absolute atomic E-state index is 0.268. The maximum atomic E-state index is 11.7. The molecule has 1 fully saturated rings. The Bertz CT molecular complexity index is 425. The second-order valence-electron chi connectivity index (χ2n) is 4.60. The van der Waals surface area contributed by atoms with Crippen molar-refractivity contribution in [1.82, 2.24) is 0 Å².